The highest BCUT2D eigenvalue weighted by Crippen LogP contribution is 2.42. The number of nitro groups is 1. The molecule has 0 bridgehead atoms. The van der Waals surface area contributed by atoms with Crippen LogP contribution in [0, 0.1) is 17.0 Å². The van der Waals surface area contributed by atoms with Gasteiger partial charge in [-0.3, -0.25) is 19.8 Å². The van der Waals surface area contributed by atoms with E-state index in [1.54, 1.807) is 17.0 Å². The number of carbonyl (C=O) groups is 1. The fourth-order valence-electron chi connectivity index (χ4n) is 3.08. The van der Waals surface area contributed by atoms with E-state index in [2.05, 4.69) is 15.9 Å². The largest absolute Gasteiger partial charge is 0.299 e. The molecule has 3 rings (SSSR count). The second-order valence-corrected chi connectivity index (χ2v) is 6.48. The van der Waals surface area contributed by atoms with Crippen molar-refractivity contribution in [3.8, 4) is 0 Å². The zero-order chi connectivity index (χ0) is 16.6. The second-order valence-electron chi connectivity index (χ2n) is 5.56. The van der Waals surface area contributed by atoms with Crippen LogP contribution in [0.4, 0.5) is 11.4 Å². The van der Waals surface area contributed by atoms with Gasteiger partial charge in [0.15, 0.2) is 0 Å². The molecule has 0 aromatic heterocycles. The Hall–Kier alpha value is -2.21. The maximum Gasteiger partial charge on any atom is 0.293 e. The monoisotopic (exact) mass is 374 g/mol. The van der Waals surface area contributed by atoms with E-state index < -0.39 is 4.92 Å². The van der Waals surface area contributed by atoms with E-state index in [0.717, 1.165) is 11.1 Å². The lowest BCUT2D eigenvalue weighted by atomic mass is 9.99. The van der Waals surface area contributed by atoms with E-state index in [0.29, 0.717) is 23.0 Å². The number of hydrogen-bond acceptors (Lipinski definition) is 3. The first-order valence-electron chi connectivity index (χ1n) is 7.30. The molecule has 0 aliphatic carbocycles. The maximum atomic E-state index is 12.4. The molecule has 6 heteroatoms. The highest BCUT2D eigenvalue weighted by atomic mass is 79.9. The number of rotatable bonds is 3. The normalized spacial score (nSPS) is 17.6. The zero-order valence-electron chi connectivity index (χ0n) is 12.5. The minimum absolute atomic E-state index is 0.0537. The quantitative estimate of drug-likeness (QED) is 0.585. The molecule has 23 heavy (non-hydrogen) atoms. The van der Waals surface area contributed by atoms with E-state index in [9.17, 15) is 14.9 Å². The van der Waals surface area contributed by atoms with Crippen molar-refractivity contribution in [2.75, 3.05) is 4.90 Å². The van der Waals surface area contributed by atoms with Crippen molar-refractivity contribution < 1.29 is 9.72 Å². The Bertz CT molecular complexity index is 791. The fraction of sp³-hybridized carbons (Fsp3) is 0.235. The van der Waals surface area contributed by atoms with Crippen LogP contribution >= 0.6 is 15.9 Å². The molecule has 1 amide bonds. The lowest BCUT2D eigenvalue weighted by Crippen LogP contribution is -2.28. The first-order chi connectivity index (χ1) is 11.0. The van der Waals surface area contributed by atoms with Crippen molar-refractivity contribution in [3.63, 3.8) is 0 Å². The van der Waals surface area contributed by atoms with Gasteiger partial charge in [0.05, 0.1) is 11.0 Å². The lowest BCUT2D eigenvalue weighted by Gasteiger charge is -2.26. The van der Waals surface area contributed by atoms with Crippen molar-refractivity contribution in [1.82, 2.24) is 0 Å². The Morgan fingerprint density at radius 3 is 2.70 bits per heavy atom. The molecule has 1 fully saturated rings. The molecule has 1 atom stereocenters. The smallest absolute Gasteiger partial charge is 0.293 e. The molecule has 1 heterocycles. The summed E-state index contributed by atoms with van der Waals surface area (Å²) in [4.78, 5) is 24.9. The Morgan fingerprint density at radius 1 is 1.26 bits per heavy atom. The Balaban J connectivity index is 2.13. The molecular weight excluding hydrogens is 360 g/mol. The van der Waals surface area contributed by atoms with Crippen LogP contribution in [0.3, 0.4) is 0 Å². The van der Waals surface area contributed by atoms with Gasteiger partial charge in [-0.05, 0) is 36.6 Å². The molecule has 1 saturated heterocycles. The van der Waals surface area contributed by atoms with E-state index in [-0.39, 0.29) is 17.6 Å². The standard InChI is InChI=1S/C17H15BrN2O3/c1-11-4-2-3-5-13(11)14-8-9-17(21)19(14)16-10-12(18)6-7-15(16)20(22)23/h2-7,10,14H,8-9H2,1H3. The fourth-order valence-corrected chi connectivity index (χ4v) is 3.43. The predicted octanol–water partition coefficient (Wildman–Crippen LogP) is 4.53. The van der Waals surface area contributed by atoms with E-state index in [1.807, 2.05) is 31.2 Å². The van der Waals surface area contributed by atoms with Gasteiger partial charge in [0.25, 0.3) is 5.69 Å². The van der Waals surface area contributed by atoms with Crippen LogP contribution < -0.4 is 4.90 Å². The SMILES string of the molecule is Cc1ccccc1C1CCC(=O)N1c1cc(Br)ccc1[N+](=O)[O-]. The summed E-state index contributed by atoms with van der Waals surface area (Å²) in [5.41, 5.74) is 2.41. The number of nitrogens with zero attached hydrogens (tertiary/aromatic N) is 2. The summed E-state index contributed by atoms with van der Waals surface area (Å²) in [6, 6.07) is 12.4. The number of aryl methyl sites for hydroxylation is 1. The van der Waals surface area contributed by atoms with Gasteiger partial charge in [0, 0.05) is 17.0 Å². The molecule has 1 aliphatic rings. The zero-order valence-corrected chi connectivity index (χ0v) is 14.1. The molecule has 1 aliphatic heterocycles. The third-order valence-corrected chi connectivity index (χ3v) is 4.65. The van der Waals surface area contributed by atoms with Gasteiger partial charge in [-0.25, -0.2) is 0 Å². The van der Waals surface area contributed by atoms with Gasteiger partial charge in [-0.15, -0.1) is 0 Å². The van der Waals surface area contributed by atoms with Crippen molar-refractivity contribution in [1.29, 1.82) is 0 Å². The molecule has 2 aromatic carbocycles. The van der Waals surface area contributed by atoms with Gasteiger partial charge in [-0.2, -0.15) is 0 Å². The molecule has 0 spiro atoms. The van der Waals surface area contributed by atoms with Crippen LogP contribution in [0.25, 0.3) is 0 Å². The number of halogens is 1. The van der Waals surface area contributed by atoms with Crippen LogP contribution in [0.5, 0.6) is 0 Å². The topological polar surface area (TPSA) is 63.5 Å². The van der Waals surface area contributed by atoms with E-state index in [4.69, 9.17) is 0 Å². The van der Waals surface area contributed by atoms with Gasteiger partial charge in [0.2, 0.25) is 5.91 Å². The first kappa shape index (κ1) is 15.7. The predicted molar refractivity (Wildman–Crippen MR) is 91.4 cm³/mol. The summed E-state index contributed by atoms with van der Waals surface area (Å²) < 4.78 is 0.710. The number of benzene rings is 2. The van der Waals surface area contributed by atoms with Crippen LogP contribution in [0.1, 0.15) is 30.0 Å². The van der Waals surface area contributed by atoms with Crippen molar-refractivity contribution in [2.45, 2.75) is 25.8 Å². The number of carbonyl (C=O) groups excluding carboxylic acids is 1. The first-order valence-corrected chi connectivity index (χ1v) is 8.10. The van der Waals surface area contributed by atoms with Gasteiger partial charge in [0.1, 0.15) is 5.69 Å². The lowest BCUT2D eigenvalue weighted by molar-refractivity contribution is -0.384. The van der Waals surface area contributed by atoms with Crippen LogP contribution in [0.2, 0.25) is 0 Å². The Kier molecular flexibility index (Phi) is 4.17. The molecule has 0 N–H and O–H groups in total. The highest BCUT2D eigenvalue weighted by molar-refractivity contribution is 9.10. The van der Waals surface area contributed by atoms with Crippen LogP contribution in [-0.4, -0.2) is 10.8 Å². The second kappa shape index (κ2) is 6.12. The number of amides is 1. The van der Waals surface area contributed by atoms with Gasteiger partial charge < -0.3 is 0 Å². The summed E-state index contributed by atoms with van der Waals surface area (Å²) >= 11 is 3.34. The molecule has 118 valence electrons. The van der Waals surface area contributed by atoms with Gasteiger partial charge >= 0.3 is 0 Å². The van der Waals surface area contributed by atoms with Crippen molar-refractivity contribution in [3.05, 3.63) is 68.2 Å². The molecule has 0 radical (unpaired) electrons. The third-order valence-electron chi connectivity index (χ3n) is 4.15. The number of hydrogen-bond donors (Lipinski definition) is 0. The molecule has 0 saturated carbocycles. The van der Waals surface area contributed by atoms with Gasteiger partial charge in [-0.1, -0.05) is 40.2 Å². The van der Waals surface area contributed by atoms with Crippen LogP contribution in [-0.2, 0) is 4.79 Å². The average molecular weight is 375 g/mol. The minimum atomic E-state index is -0.442. The summed E-state index contributed by atoms with van der Waals surface area (Å²) in [5, 5.41) is 11.4. The number of anilines is 1. The number of nitro benzene ring substituents is 1. The van der Waals surface area contributed by atoms with Crippen molar-refractivity contribution in [2.24, 2.45) is 0 Å². The maximum absolute atomic E-state index is 12.4. The van der Waals surface area contributed by atoms with Crippen molar-refractivity contribution >= 4 is 33.2 Å². The Labute approximate surface area is 142 Å². The summed E-state index contributed by atoms with van der Waals surface area (Å²) in [6.45, 7) is 1.99. The van der Waals surface area contributed by atoms with E-state index >= 15 is 0 Å². The third kappa shape index (κ3) is 2.86. The molecular formula is C17H15BrN2O3. The summed E-state index contributed by atoms with van der Waals surface area (Å²) in [5.74, 6) is -0.0838. The summed E-state index contributed by atoms with van der Waals surface area (Å²) in [6.07, 6.45) is 1.05. The average Bonchev–Trinajstić information content (AvgIpc) is 2.88. The minimum Gasteiger partial charge on any atom is -0.299 e. The van der Waals surface area contributed by atoms with E-state index in [1.165, 1.54) is 6.07 Å². The highest BCUT2D eigenvalue weighted by Gasteiger charge is 2.37. The molecule has 2 aromatic rings. The molecule has 5 nitrogen and oxygen atoms in total. The Morgan fingerprint density at radius 2 is 2.00 bits per heavy atom. The molecule has 1 unspecified atom stereocenters. The van der Waals surface area contributed by atoms with Crippen LogP contribution in [0.15, 0.2) is 46.9 Å². The summed E-state index contributed by atoms with van der Waals surface area (Å²) in [7, 11) is 0.